The molecule has 23 heavy (non-hydrogen) atoms. The summed E-state index contributed by atoms with van der Waals surface area (Å²) in [6, 6.07) is 16.3. The van der Waals surface area contributed by atoms with Gasteiger partial charge in [0.15, 0.2) is 0 Å². The lowest BCUT2D eigenvalue weighted by molar-refractivity contribution is 0.0940. The van der Waals surface area contributed by atoms with Crippen LogP contribution in [0.1, 0.15) is 67.7 Å². The van der Waals surface area contributed by atoms with E-state index in [2.05, 4.69) is 57.3 Å². The first-order chi connectivity index (χ1) is 10.8. The second-order valence-corrected chi connectivity index (χ2v) is 7.12. The van der Waals surface area contributed by atoms with Crippen molar-refractivity contribution in [2.45, 2.75) is 52.5 Å². The van der Waals surface area contributed by atoms with Crippen LogP contribution in [0.4, 0.5) is 0 Å². The highest BCUT2D eigenvalue weighted by molar-refractivity contribution is 5.94. The minimum atomic E-state index is -0.0301. The molecular weight excluding hydrogens is 282 g/mol. The summed E-state index contributed by atoms with van der Waals surface area (Å²) >= 11 is 0. The molecule has 1 N–H and O–H groups in total. The fourth-order valence-corrected chi connectivity index (χ4v) is 2.53. The summed E-state index contributed by atoms with van der Waals surface area (Å²) in [7, 11) is 0. The average molecular weight is 309 g/mol. The molecule has 2 rings (SSSR count). The number of hydrogen-bond acceptors (Lipinski definition) is 1. The van der Waals surface area contributed by atoms with Gasteiger partial charge in [-0.05, 0) is 47.6 Å². The zero-order valence-corrected chi connectivity index (χ0v) is 14.8. The van der Waals surface area contributed by atoms with Crippen molar-refractivity contribution in [3.63, 3.8) is 0 Å². The minimum Gasteiger partial charge on any atom is -0.346 e. The number of nitrogens with one attached hydrogen (secondary N) is 1. The Morgan fingerprint density at radius 2 is 1.57 bits per heavy atom. The van der Waals surface area contributed by atoms with Gasteiger partial charge in [-0.2, -0.15) is 0 Å². The van der Waals surface area contributed by atoms with Crippen LogP contribution in [0, 0.1) is 0 Å². The molecule has 1 amide bonds. The van der Waals surface area contributed by atoms with Crippen molar-refractivity contribution in [2.75, 3.05) is 0 Å². The molecule has 122 valence electrons. The molecule has 0 fully saturated rings. The summed E-state index contributed by atoms with van der Waals surface area (Å²) in [5, 5.41) is 3.07. The molecule has 2 aromatic rings. The summed E-state index contributed by atoms with van der Waals surface area (Å²) < 4.78 is 0. The lowest BCUT2D eigenvalue weighted by Crippen LogP contribution is -2.26. The molecule has 0 heterocycles. The van der Waals surface area contributed by atoms with Crippen LogP contribution in [0.2, 0.25) is 0 Å². The van der Waals surface area contributed by atoms with Crippen molar-refractivity contribution in [2.24, 2.45) is 0 Å². The van der Waals surface area contributed by atoms with E-state index in [4.69, 9.17) is 0 Å². The molecule has 0 aliphatic heterocycles. The van der Waals surface area contributed by atoms with Gasteiger partial charge in [-0.25, -0.2) is 0 Å². The Bertz CT molecular complexity index is 648. The maximum Gasteiger partial charge on any atom is 0.251 e. The molecule has 0 spiro atoms. The van der Waals surface area contributed by atoms with Gasteiger partial charge in [0.1, 0.15) is 0 Å². The summed E-state index contributed by atoms with van der Waals surface area (Å²) in [5.74, 6) is -0.0301. The third-order valence-electron chi connectivity index (χ3n) is 4.25. The summed E-state index contributed by atoms with van der Waals surface area (Å²) in [6.07, 6.45) is 1.03. The van der Waals surface area contributed by atoms with E-state index in [0.717, 1.165) is 12.0 Å². The van der Waals surface area contributed by atoms with Crippen LogP contribution in [-0.4, -0.2) is 5.91 Å². The molecule has 0 radical (unpaired) electrons. The van der Waals surface area contributed by atoms with Gasteiger partial charge >= 0.3 is 0 Å². The predicted octanol–water partition coefficient (Wildman–Crippen LogP) is 5.04. The van der Waals surface area contributed by atoms with Crippen molar-refractivity contribution in [3.05, 3.63) is 70.8 Å². The van der Waals surface area contributed by atoms with Gasteiger partial charge in [0.2, 0.25) is 0 Å². The van der Waals surface area contributed by atoms with Crippen molar-refractivity contribution < 1.29 is 4.79 Å². The second-order valence-electron chi connectivity index (χ2n) is 7.12. The van der Waals surface area contributed by atoms with E-state index in [1.165, 1.54) is 11.1 Å². The normalized spacial score (nSPS) is 12.7. The summed E-state index contributed by atoms with van der Waals surface area (Å²) in [5.41, 5.74) is 4.47. The fraction of sp³-hybridized carbons (Fsp3) is 0.381. The topological polar surface area (TPSA) is 29.1 Å². The van der Waals surface area contributed by atoms with Crippen molar-refractivity contribution in [1.29, 1.82) is 0 Å². The number of carbonyl (C=O) groups is 1. The average Bonchev–Trinajstić information content (AvgIpc) is 2.54. The molecule has 0 saturated carbocycles. The van der Waals surface area contributed by atoms with Crippen LogP contribution >= 0.6 is 0 Å². The number of carbonyl (C=O) groups excluding carboxylic acids is 1. The van der Waals surface area contributed by atoms with E-state index in [-0.39, 0.29) is 17.4 Å². The highest BCUT2D eigenvalue weighted by Crippen LogP contribution is 2.22. The third kappa shape index (κ3) is 4.44. The van der Waals surface area contributed by atoms with E-state index in [1.807, 2.05) is 31.2 Å². The van der Waals surface area contributed by atoms with E-state index in [0.29, 0.717) is 5.56 Å². The summed E-state index contributed by atoms with van der Waals surface area (Å²) in [6.45, 7) is 10.7. The second kappa shape index (κ2) is 6.99. The largest absolute Gasteiger partial charge is 0.346 e. The maximum atomic E-state index is 12.4. The maximum absolute atomic E-state index is 12.4. The SMILES string of the molecule is CCc1ccc([C@H](C)NC(=O)c2ccc(C(C)(C)C)cc2)cc1. The van der Waals surface area contributed by atoms with Gasteiger partial charge in [0.25, 0.3) is 5.91 Å². The van der Waals surface area contributed by atoms with Crippen molar-refractivity contribution in [3.8, 4) is 0 Å². The third-order valence-corrected chi connectivity index (χ3v) is 4.25. The van der Waals surface area contributed by atoms with Crippen LogP contribution in [0.3, 0.4) is 0 Å². The summed E-state index contributed by atoms with van der Waals surface area (Å²) in [4.78, 5) is 12.4. The van der Waals surface area contributed by atoms with E-state index in [9.17, 15) is 4.79 Å². The van der Waals surface area contributed by atoms with Crippen LogP contribution in [0.15, 0.2) is 48.5 Å². The number of benzene rings is 2. The Morgan fingerprint density at radius 3 is 2.04 bits per heavy atom. The molecule has 2 heteroatoms. The van der Waals surface area contributed by atoms with Gasteiger partial charge in [0, 0.05) is 5.56 Å². The van der Waals surface area contributed by atoms with E-state index in [1.54, 1.807) is 0 Å². The van der Waals surface area contributed by atoms with Crippen LogP contribution in [0.5, 0.6) is 0 Å². The number of rotatable bonds is 4. The van der Waals surface area contributed by atoms with Crippen LogP contribution in [-0.2, 0) is 11.8 Å². The molecule has 0 bridgehead atoms. The van der Waals surface area contributed by atoms with Crippen LogP contribution in [0.25, 0.3) is 0 Å². The monoisotopic (exact) mass is 309 g/mol. The fourth-order valence-electron chi connectivity index (χ4n) is 2.53. The first kappa shape index (κ1) is 17.3. The standard InChI is InChI=1S/C21H27NO/c1-6-16-7-9-17(10-8-16)15(2)22-20(23)18-11-13-19(14-12-18)21(3,4)5/h7-15H,6H2,1-5H3,(H,22,23)/t15-/m0/s1. The van der Waals surface area contributed by atoms with Gasteiger partial charge in [-0.1, -0.05) is 64.1 Å². The Hall–Kier alpha value is -2.09. The molecule has 0 saturated heterocycles. The van der Waals surface area contributed by atoms with E-state index < -0.39 is 0 Å². The predicted molar refractivity (Wildman–Crippen MR) is 96.8 cm³/mol. The Labute approximate surface area is 139 Å². The first-order valence-corrected chi connectivity index (χ1v) is 8.31. The van der Waals surface area contributed by atoms with Crippen LogP contribution < -0.4 is 5.32 Å². The molecule has 2 nitrogen and oxygen atoms in total. The highest BCUT2D eigenvalue weighted by atomic mass is 16.1. The highest BCUT2D eigenvalue weighted by Gasteiger charge is 2.15. The minimum absolute atomic E-state index is 0.00398. The lowest BCUT2D eigenvalue weighted by atomic mass is 9.86. The number of aryl methyl sites for hydroxylation is 1. The van der Waals surface area contributed by atoms with Gasteiger partial charge < -0.3 is 5.32 Å². The Balaban J connectivity index is 2.05. The molecule has 0 unspecified atom stereocenters. The molecule has 1 atom stereocenters. The van der Waals surface area contributed by atoms with Gasteiger partial charge in [0.05, 0.1) is 6.04 Å². The number of hydrogen-bond donors (Lipinski definition) is 1. The molecule has 0 aliphatic carbocycles. The number of amides is 1. The molecule has 0 aliphatic rings. The molecular formula is C21H27NO. The zero-order valence-electron chi connectivity index (χ0n) is 14.8. The Morgan fingerprint density at radius 1 is 1.00 bits per heavy atom. The lowest BCUT2D eigenvalue weighted by Gasteiger charge is -2.19. The van der Waals surface area contributed by atoms with Crippen molar-refractivity contribution >= 4 is 5.91 Å². The molecule has 2 aromatic carbocycles. The first-order valence-electron chi connectivity index (χ1n) is 8.31. The van der Waals surface area contributed by atoms with E-state index >= 15 is 0 Å². The van der Waals surface area contributed by atoms with Crippen molar-refractivity contribution in [1.82, 2.24) is 5.32 Å². The Kier molecular flexibility index (Phi) is 5.25. The van der Waals surface area contributed by atoms with Gasteiger partial charge in [-0.3, -0.25) is 4.79 Å². The van der Waals surface area contributed by atoms with Gasteiger partial charge in [-0.15, -0.1) is 0 Å². The zero-order chi connectivity index (χ0) is 17.0. The smallest absolute Gasteiger partial charge is 0.251 e. The quantitative estimate of drug-likeness (QED) is 0.842. The molecule has 0 aromatic heterocycles.